The highest BCUT2D eigenvalue weighted by atomic mass is 32.2. The van der Waals surface area contributed by atoms with E-state index < -0.39 is 0 Å². The predicted octanol–water partition coefficient (Wildman–Crippen LogP) is 7.12. The van der Waals surface area contributed by atoms with E-state index in [4.69, 9.17) is 10.1 Å². The van der Waals surface area contributed by atoms with Gasteiger partial charge in [0.25, 0.3) is 0 Å². The van der Waals surface area contributed by atoms with Gasteiger partial charge in [0.15, 0.2) is 0 Å². The van der Waals surface area contributed by atoms with Gasteiger partial charge in [-0.15, -0.1) is 0 Å². The van der Waals surface area contributed by atoms with Crippen LogP contribution < -0.4 is 4.72 Å². The van der Waals surface area contributed by atoms with E-state index in [1.165, 1.54) is 42.4 Å². The molecule has 1 N–H and O–H groups in total. The Morgan fingerprint density at radius 3 is 2.53 bits per heavy atom. The average molecular weight is 455 g/mol. The molecule has 1 aliphatic heterocycles. The van der Waals surface area contributed by atoms with Crippen molar-refractivity contribution in [2.75, 3.05) is 12.8 Å². The zero-order valence-electron chi connectivity index (χ0n) is 21.1. The maximum atomic E-state index is 5.04. The van der Waals surface area contributed by atoms with Gasteiger partial charge < -0.3 is 0 Å². The molecule has 5 heteroatoms. The van der Waals surface area contributed by atoms with Crippen LogP contribution >= 0.6 is 11.9 Å². The lowest BCUT2D eigenvalue weighted by molar-refractivity contribution is 0.673. The van der Waals surface area contributed by atoms with Crippen LogP contribution in [0.3, 0.4) is 0 Å². The number of unbranched alkanes of at least 4 members (excludes halogenated alkanes) is 2. The molecule has 32 heavy (non-hydrogen) atoms. The van der Waals surface area contributed by atoms with Gasteiger partial charge in [-0.3, -0.25) is 4.72 Å². The molecule has 0 fully saturated rings. The fourth-order valence-electron chi connectivity index (χ4n) is 4.01. The first-order valence-corrected chi connectivity index (χ1v) is 13.4. The fraction of sp³-hybridized carbons (Fsp3) is 0.556. The Morgan fingerprint density at radius 2 is 1.84 bits per heavy atom. The highest BCUT2D eigenvalue weighted by molar-refractivity contribution is 7.96. The number of nitrogens with zero attached hydrogens (tertiary/aromatic N) is 3. The second-order valence-corrected chi connectivity index (χ2v) is 9.31. The molecular formula is C27H42N4S. The number of imidazole rings is 1. The van der Waals surface area contributed by atoms with Crippen LogP contribution in [0.15, 0.2) is 29.9 Å². The summed E-state index contributed by atoms with van der Waals surface area (Å²) in [6.07, 6.45) is 11.0. The maximum Gasteiger partial charge on any atom is 0.130 e. The second kappa shape index (κ2) is 13.6. The molecule has 1 aromatic carbocycles. The van der Waals surface area contributed by atoms with E-state index in [2.05, 4.69) is 70.4 Å². The van der Waals surface area contributed by atoms with Crippen molar-refractivity contribution in [1.82, 2.24) is 14.4 Å². The van der Waals surface area contributed by atoms with Gasteiger partial charge in [-0.05, 0) is 68.6 Å². The molecule has 3 rings (SSSR count). The van der Waals surface area contributed by atoms with Crippen molar-refractivity contribution in [1.29, 1.82) is 0 Å². The largest absolute Gasteiger partial charge is 0.264 e. The van der Waals surface area contributed by atoms with Crippen LogP contribution in [0, 0.1) is 13.8 Å². The molecule has 0 saturated carbocycles. The molecule has 0 bridgehead atoms. The molecule has 0 saturated heterocycles. The lowest BCUT2D eigenvalue weighted by atomic mass is 9.93. The number of rotatable bonds is 10. The number of fused-ring (bicyclic) bond motifs is 1. The molecule has 2 aromatic rings. The zero-order chi connectivity index (χ0) is 23.5. The molecular weight excluding hydrogens is 412 g/mol. The molecule has 1 aliphatic rings. The van der Waals surface area contributed by atoms with E-state index >= 15 is 0 Å². The predicted molar refractivity (Wildman–Crippen MR) is 143 cm³/mol. The summed E-state index contributed by atoms with van der Waals surface area (Å²) in [6.45, 7) is 16.1. The number of nitrogens with one attached hydrogen (secondary N) is 1. The molecule has 0 radical (unpaired) electrons. The minimum atomic E-state index is 0.794. The summed E-state index contributed by atoms with van der Waals surface area (Å²) in [6, 6.07) is 6.86. The van der Waals surface area contributed by atoms with E-state index in [0.29, 0.717) is 0 Å². The highest BCUT2D eigenvalue weighted by Crippen LogP contribution is 2.30. The third-order valence-electron chi connectivity index (χ3n) is 5.51. The van der Waals surface area contributed by atoms with Crippen molar-refractivity contribution in [2.24, 2.45) is 5.10 Å². The Kier molecular flexibility index (Phi) is 11.3. The van der Waals surface area contributed by atoms with Crippen molar-refractivity contribution in [3.05, 3.63) is 58.7 Å². The smallest absolute Gasteiger partial charge is 0.130 e. The van der Waals surface area contributed by atoms with Crippen LogP contribution in [0.2, 0.25) is 0 Å². The van der Waals surface area contributed by atoms with Gasteiger partial charge in [-0.25, -0.2) is 9.66 Å². The number of aromatic nitrogens is 2. The van der Waals surface area contributed by atoms with E-state index in [9.17, 15) is 0 Å². The summed E-state index contributed by atoms with van der Waals surface area (Å²) in [5.74, 6) is 1.05. The van der Waals surface area contributed by atoms with Crippen LogP contribution in [0.5, 0.6) is 0 Å². The second-order valence-electron chi connectivity index (χ2n) is 8.62. The van der Waals surface area contributed by atoms with Crippen molar-refractivity contribution in [3.8, 4) is 0 Å². The van der Waals surface area contributed by atoms with E-state index in [1.54, 1.807) is 11.9 Å². The van der Waals surface area contributed by atoms with Crippen molar-refractivity contribution in [3.63, 3.8) is 0 Å². The van der Waals surface area contributed by atoms with Crippen LogP contribution in [0.25, 0.3) is 5.57 Å². The lowest BCUT2D eigenvalue weighted by Crippen LogP contribution is -2.16. The van der Waals surface area contributed by atoms with Gasteiger partial charge in [0.05, 0.1) is 17.1 Å². The van der Waals surface area contributed by atoms with E-state index in [-0.39, 0.29) is 0 Å². The van der Waals surface area contributed by atoms with Crippen molar-refractivity contribution >= 4 is 23.2 Å². The molecule has 4 nitrogen and oxygen atoms in total. The first-order chi connectivity index (χ1) is 15.5. The van der Waals surface area contributed by atoms with E-state index in [0.717, 1.165) is 60.7 Å². The van der Waals surface area contributed by atoms with Crippen LogP contribution in [0.4, 0.5) is 0 Å². The van der Waals surface area contributed by atoms with Crippen molar-refractivity contribution in [2.45, 2.75) is 86.0 Å². The first kappa shape index (κ1) is 26.4. The third kappa shape index (κ3) is 7.08. The Morgan fingerprint density at radius 1 is 1.09 bits per heavy atom. The summed E-state index contributed by atoms with van der Waals surface area (Å²) in [5.41, 5.74) is 8.31. The van der Waals surface area contributed by atoms with Gasteiger partial charge in [-0.2, -0.15) is 5.10 Å². The standard InChI is InChI=1S/C24H34N4S.C3H8/c1-6-10-23-26-19(4)24-18(3)15-22(27-28(23)24)21-16-20(13-12-17(21)2)11-8-7-9-14-25-29-5;1-3-2/h12-13,16,25H,3,6-11,14-15H2,1-2,4-5H3;3H2,1-2H3. The molecule has 0 atom stereocenters. The SMILES string of the molecule is C=C1CC(c2cc(CCCCCNSC)ccc2C)=Nn2c(CCC)nc(C)c21.CCC. The average Bonchev–Trinajstić information content (AvgIpc) is 3.08. The summed E-state index contributed by atoms with van der Waals surface area (Å²) in [7, 11) is 0. The summed E-state index contributed by atoms with van der Waals surface area (Å²) < 4.78 is 5.37. The molecule has 0 spiro atoms. The zero-order valence-corrected chi connectivity index (χ0v) is 21.9. The number of hydrogen-bond donors (Lipinski definition) is 1. The molecule has 0 unspecified atom stereocenters. The molecule has 2 heterocycles. The summed E-state index contributed by atoms with van der Waals surface area (Å²) in [5, 5.41) is 5.04. The number of benzene rings is 1. The Bertz CT molecular complexity index is 911. The van der Waals surface area contributed by atoms with Crippen LogP contribution in [-0.4, -0.2) is 28.2 Å². The molecule has 1 aromatic heterocycles. The Labute approximate surface area is 200 Å². The van der Waals surface area contributed by atoms with Crippen LogP contribution in [-0.2, 0) is 12.8 Å². The summed E-state index contributed by atoms with van der Waals surface area (Å²) >= 11 is 1.70. The maximum absolute atomic E-state index is 5.04. The minimum absolute atomic E-state index is 0.794. The normalized spacial score (nSPS) is 12.8. The summed E-state index contributed by atoms with van der Waals surface area (Å²) in [4.78, 5) is 4.76. The van der Waals surface area contributed by atoms with Crippen LogP contribution in [0.1, 0.15) is 93.2 Å². The topological polar surface area (TPSA) is 42.2 Å². The van der Waals surface area contributed by atoms with Gasteiger partial charge in [-0.1, -0.05) is 64.3 Å². The van der Waals surface area contributed by atoms with Crippen molar-refractivity contribution < 1.29 is 0 Å². The molecule has 0 amide bonds. The first-order valence-electron chi connectivity index (χ1n) is 12.2. The minimum Gasteiger partial charge on any atom is -0.264 e. The van der Waals surface area contributed by atoms with E-state index in [1.807, 2.05) is 4.68 Å². The van der Waals surface area contributed by atoms with Gasteiger partial charge in [0.1, 0.15) is 5.82 Å². The lowest BCUT2D eigenvalue weighted by Gasteiger charge is -2.20. The number of allylic oxidation sites excluding steroid dienone is 1. The number of aryl methyl sites for hydroxylation is 4. The van der Waals surface area contributed by atoms with Gasteiger partial charge in [0, 0.05) is 24.9 Å². The molecule has 176 valence electrons. The Balaban J connectivity index is 0.00000114. The van der Waals surface area contributed by atoms with Gasteiger partial charge >= 0.3 is 0 Å². The van der Waals surface area contributed by atoms with Gasteiger partial charge in [0.2, 0.25) is 0 Å². The molecule has 0 aliphatic carbocycles. The third-order valence-corrected chi connectivity index (χ3v) is 6.00. The fourth-order valence-corrected chi connectivity index (χ4v) is 4.36. The monoisotopic (exact) mass is 454 g/mol. The highest BCUT2D eigenvalue weighted by Gasteiger charge is 2.23. The Hall–Kier alpha value is -1.85. The number of hydrogen-bond acceptors (Lipinski definition) is 4. The quantitative estimate of drug-likeness (QED) is 0.307.